The van der Waals surface area contributed by atoms with Crippen LogP contribution in [0.2, 0.25) is 0 Å². The van der Waals surface area contributed by atoms with E-state index in [-0.39, 0.29) is 11.7 Å². The highest BCUT2D eigenvalue weighted by Gasteiger charge is 2.22. The van der Waals surface area contributed by atoms with Crippen LogP contribution in [-0.2, 0) is 11.5 Å². The average Bonchev–Trinajstić information content (AvgIpc) is 2.89. The molecule has 0 bridgehead atoms. The third kappa shape index (κ3) is 4.27. The molecular formula is C15H25N3O2. The number of rotatable bonds is 8. The number of ketones is 1. The molecule has 20 heavy (non-hydrogen) atoms. The Kier molecular flexibility index (Phi) is 6.58. The summed E-state index contributed by atoms with van der Waals surface area (Å²) in [5, 5.41) is 0. The fourth-order valence-corrected chi connectivity index (χ4v) is 2.04. The van der Waals surface area contributed by atoms with E-state index < -0.39 is 0 Å². The Hall–Kier alpha value is -1.49. The van der Waals surface area contributed by atoms with Crippen molar-refractivity contribution in [1.29, 1.82) is 0 Å². The summed E-state index contributed by atoms with van der Waals surface area (Å²) in [6, 6.07) is 0. The van der Waals surface area contributed by atoms with Gasteiger partial charge in [-0.15, -0.1) is 0 Å². The molecule has 0 amide bonds. The van der Waals surface area contributed by atoms with Gasteiger partial charge in [0.15, 0.2) is 5.82 Å². The number of hydrogen-bond donors (Lipinski definition) is 0. The molecule has 1 unspecified atom stereocenters. The Morgan fingerprint density at radius 2 is 2.15 bits per heavy atom. The fraction of sp³-hybridized carbons (Fsp3) is 0.667. The summed E-state index contributed by atoms with van der Waals surface area (Å²) in [4.78, 5) is 20.9. The number of ether oxygens (including phenoxy) is 1. The van der Waals surface area contributed by atoms with Crippen molar-refractivity contribution in [3.05, 3.63) is 18.2 Å². The van der Waals surface area contributed by atoms with Gasteiger partial charge in [0.1, 0.15) is 6.73 Å². The summed E-state index contributed by atoms with van der Waals surface area (Å²) in [7, 11) is 1.78. The van der Waals surface area contributed by atoms with Crippen molar-refractivity contribution in [2.75, 3.05) is 13.7 Å². The van der Waals surface area contributed by atoms with Gasteiger partial charge < -0.3 is 9.30 Å². The van der Waals surface area contributed by atoms with Crippen molar-refractivity contribution in [1.82, 2.24) is 9.55 Å². The van der Waals surface area contributed by atoms with Crippen LogP contribution in [-0.4, -0.2) is 34.7 Å². The van der Waals surface area contributed by atoms with E-state index in [1.54, 1.807) is 24.0 Å². The summed E-state index contributed by atoms with van der Waals surface area (Å²) in [5.74, 6) is 0.735. The molecule has 0 aromatic carbocycles. The maximum atomic E-state index is 12.5. The molecule has 0 fully saturated rings. The van der Waals surface area contributed by atoms with Crippen molar-refractivity contribution in [2.45, 2.75) is 40.8 Å². The monoisotopic (exact) mass is 279 g/mol. The zero-order valence-corrected chi connectivity index (χ0v) is 13.1. The number of Topliss-reactive ketones (excluding diaryl/α,β-unsaturated/α-hetero) is 1. The summed E-state index contributed by atoms with van der Waals surface area (Å²) in [6.45, 7) is 9.01. The van der Waals surface area contributed by atoms with E-state index in [2.05, 4.69) is 23.8 Å². The Balaban J connectivity index is 2.76. The highest BCUT2D eigenvalue weighted by atomic mass is 16.5. The molecule has 0 saturated heterocycles. The first-order valence-corrected chi connectivity index (χ1v) is 7.09. The van der Waals surface area contributed by atoms with Gasteiger partial charge in [0.05, 0.1) is 0 Å². The molecule has 5 nitrogen and oxygen atoms in total. The normalized spacial score (nSPS) is 13.8. The van der Waals surface area contributed by atoms with Crippen LogP contribution in [0.15, 0.2) is 17.4 Å². The van der Waals surface area contributed by atoms with Crippen LogP contribution in [0.5, 0.6) is 0 Å². The molecule has 112 valence electrons. The van der Waals surface area contributed by atoms with Crippen LogP contribution in [0.25, 0.3) is 0 Å². The Morgan fingerprint density at radius 1 is 1.45 bits per heavy atom. The molecule has 0 aliphatic rings. The molecule has 5 heteroatoms. The van der Waals surface area contributed by atoms with Gasteiger partial charge in [-0.1, -0.05) is 20.8 Å². The van der Waals surface area contributed by atoms with Gasteiger partial charge >= 0.3 is 0 Å². The topological polar surface area (TPSA) is 56.5 Å². The Morgan fingerprint density at radius 3 is 2.70 bits per heavy atom. The van der Waals surface area contributed by atoms with Gasteiger partial charge in [0.2, 0.25) is 5.78 Å². The number of carbonyl (C=O) groups is 1. The molecule has 1 rings (SSSR count). The highest BCUT2D eigenvalue weighted by molar-refractivity contribution is 5.98. The molecule has 1 aromatic heterocycles. The van der Waals surface area contributed by atoms with Crippen molar-refractivity contribution < 1.29 is 9.53 Å². The molecule has 0 radical (unpaired) electrons. The zero-order valence-electron chi connectivity index (χ0n) is 13.1. The number of carbonyl (C=O) groups excluding carboxylic acids is 1. The predicted molar refractivity (Wildman–Crippen MR) is 80.2 cm³/mol. The molecule has 1 heterocycles. The minimum atomic E-state index is -0.126. The lowest BCUT2D eigenvalue weighted by Crippen LogP contribution is -2.22. The van der Waals surface area contributed by atoms with Crippen LogP contribution >= 0.6 is 0 Å². The largest absolute Gasteiger partial charge is 0.361 e. The van der Waals surface area contributed by atoms with Gasteiger partial charge in [-0.3, -0.25) is 9.79 Å². The number of imidazole rings is 1. The lowest BCUT2D eigenvalue weighted by molar-refractivity contribution is 0.0778. The molecule has 0 aliphatic carbocycles. The first kappa shape index (κ1) is 16.6. The molecule has 0 N–H and O–H groups in total. The zero-order chi connectivity index (χ0) is 15.1. The predicted octanol–water partition coefficient (Wildman–Crippen LogP) is 2.81. The quantitative estimate of drug-likeness (QED) is 0.543. The lowest BCUT2D eigenvalue weighted by atomic mass is 9.93. The van der Waals surface area contributed by atoms with Crippen LogP contribution in [0.3, 0.4) is 0 Å². The van der Waals surface area contributed by atoms with E-state index in [4.69, 9.17) is 4.74 Å². The van der Waals surface area contributed by atoms with Gasteiger partial charge in [0, 0.05) is 37.7 Å². The second-order valence-corrected chi connectivity index (χ2v) is 5.18. The van der Waals surface area contributed by atoms with Crippen LogP contribution in [0.1, 0.15) is 44.7 Å². The first-order chi connectivity index (χ1) is 9.51. The standard InChI is InChI=1S/C15H25N3O2/c1-6-20-10-18-8-7-17-15(18)14(19)12(4)9-13(16-5)11(2)3/h7-8,11-12H,6,9-10H2,1-5H3. The highest BCUT2D eigenvalue weighted by Crippen LogP contribution is 2.15. The molecular weight excluding hydrogens is 254 g/mol. The van der Waals surface area contributed by atoms with Crippen molar-refractivity contribution in [3.8, 4) is 0 Å². The van der Waals surface area contributed by atoms with E-state index in [0.29, 0.717) is 31.5 Å². The third-order valence-electron chi connectivity index (χ3n) is 3.29. The summed E-state index contributed by atoms with van der Waals surface area (Å²) in [6.07, 6.45) is 4.08. The third-order valence-corrected chi connectivity index (χ3v) is 3.29. The molecule has 0 spiro atoms. The average molecular weight is 279 g/mol. The van der Waals surface area contributed by atoms with Crippen molar-refractivity contribution in [3.63, 3.8) is 0 Å². The summed E-state index contributed by atoms with van der Waals surface area (Å²) >= 11 is 0. The SMILES string of the molecule is CCOCn1ccnc1C(=O)C(C)CC(=NC)C(C)C. The van der Waals surface area contributed by atoms with E-state index >= 15 is 0 Å². The van der Waals surface area contributed by atoms with E-state index in [1.807, 2.05) is 13.8 Å². The van der Waals surface area contributed by atoms with Gasteiger partial charge in [0.25, 0.3) is 0 Å². The number of aromatic nitrogens is 2. The van der Waals surface area contributed by atoms with E-state index in [9.17, 15) is 4.79 Å². The van der Waals surface area contributed by atoms with Crippen molar-refractivity contribution >= 4 is 11.5 Å². The molecule has 0 aliphatic heterocycles. The van der Waals surface area contributed by atoms with Crippen LogP contribution < -0.4 is 0 Å². The second-order valence-electron chi connectivity index (χ2n) is 5.18. The van der Waals surface area contributed by atoms with Crippen LogP contribution in [0, 0.1) is 11.8 Å². The first-order valence-electron chi connectivity index (χ1n) is 7.09. The van der Waals surface area contributed by atoms with Gasteiger partial charge in [-0.05, 0) is 19.3 Å². The fourth-order valence-electron chi connectivity index (χ4n) is 2.04. The maximum absolute atomic E-state index is 12.5. The second kappa shape index (κ2) is 7.94. The number of hydrogen-bond acceptors (Lipinski definition) is 4. The summed E-state index contributed by atoms with van der Waals surface area (Å²) < 4.78 is 7.09. The smallest absolute Gasteiger partial charge is 0.201 e. The molecule has 1 aromatic rings. The minimum absolute atomic E-state index is 0.0384. The van der Waals surface area contributed by atoms with Gasteiger partial charge in [-0.2, -0.15) is 0 Å². The Bertz CT molecular complexity index is 463. The number of aliphatic imine (C=N–C) groups is 1. The van der Waals surface area contributed by atoms with Crippen molar-refractivity contribution in [2.24, 2.45) is 16.8 Å². The summed E-state index contributed by atoms with van der Waals surface area (Å²) in [5.41, 5.74) is 1.06. The molecule has 1 atom stereocenters. The maximum Gasteiger partial charge on any atom is 0.201 e. The number of nitrogens with zero attached hydrogens (tertiary/aromatic N) is 3. The van der Waals surface area contributed by atoms with E-state index in [0.717, 1.165) is 5.71 Å². The minimum Gasteiger partial charge on any atom is -0.361 e. The van der Waals surface area contributed by atoms with E-state index in [1.165, 1.54) is 0 Å². The Labute approximate surface area is 121 Å². The molecule has 0 saturated carbocycles. The van der Waals surface area contributed by atoms with Gasteiger partial charge in [-0.25, -0.2) is 4.98 Å². The lowest BCUT2D eigenvalue weighted by Gasteiger charge is -2.15. The van der Waals surface area contributed by atoms with Crippen LogP contribution in [0.4, 0.5) is 0 Å².